The lowest BCUT2D eigenvalue weighted by Crippen LogP contribution is -2.10. The maximum atomic E-state index is 11.1. The Labute approximate surface area is 90.0 Å². The summed E-state index contributed by atoms with van der Waals surface area (Å²) in [4.78, 5) is 11.1. The lowest BCUT2D eigenvalue weighted by molar-refractivity contribution is -0.139. The van der Waals surface area contributed by atoms with Crippen LogP contribution in [0.5, 0.6) is 5.75 Å². The minimum atomic E-state index is -0.255. The van der Waals surface area contributed by atoms with Crippen LogP contribution in [0.3, 0.4) is 0 Å². The third-order valence-electron chi connectivity index (χ3n) is 1.90. The summed E-state index contributed by atoms with van der Waals surface area (Å²) < 4.78 is 10.2. The van der Waals surface area contributed by atoms with Gasteiger partial charge in [0.05, 0.1) is 19.6 Å². The third-order valence-corrected chi connectivity index (χ3v) is 1.90. The number of benzene rings is 1. The van der Waals surface area contributed by atoms with Gasteiger partial charge in [0.15, 0.2) is 0 Å². The minimum Gasteiger partial charge on any atom is -0.491 e. The van der Waals surface area contributed by atoms with Gasteiger partial charge < -0.3 is 9.47 Å². The molecule has 1 rings (SSSR count). The molecule has 0 aliphatic carbocycles. The molecule has 0 amide bonds. The summed E-state index contributed by atoms with van der Waals surface area (Å²) in [5.41, 5.74) is 0.859. The van der Waals surface area contributed by atoms with Crippen LogP contribution in [0.25, 0.3) is 0 Å². The van der Waals surface area contributed by atoms with E-state index in [0.717, 1.165) is 11.3 Å². The van der Waals surface area contributed by atoms with Crippen molar-refractivity contribution in [3.05, 3.63) is 29.8 Å². The van der Waals surface area contributed by atoms with E-state index in [1.807, 2.05) is 38.1 Å². The van der Waals surface area contributed by atoms with Crippen molar-refractivity contribution in [1.82, 2.24) is 0 Å². The molecular weight excluding hydrogens is 192 g/mol. The Balaban J connectivity index is 2.81. The van der Waals surface area contributed by atoms with E-state index in [4.69, 9.17) is 4.74 Å². The van der Waals surface area contributed by atoms with E-state index in [1.54, 1.807) is 0 Å². The zero-order valence-electron chi connectivity index (χ0n) is 9.32. The fraction of sp³-hybridized carbons (Fsp3) is 0.417. The zero-order valence-corrected chi connectivity index (χ0v) is 9.32. The summed E-state index contributed by atoms with van der Waals surface area (Å²) in [6, 6.07) is 7.50. The van der Waals surface area contributed by atoms with Crippen molar-refractivity contribution in [2.75, 3.05) is 7.11 Å². The van der Waals surface area contributed by atoms with Crippen LogP contribution in [-0.2, 0) is 16.0 Å². The first-order valence-electron chi connectivity index (χ1n) is 4.95. The van der Waals surface area contributed by atoms with Crippen LogP contribution >= 0.6 is 0 Å². The maximum absolute atomic E-state index is 11.1. The molecule has 82 valence electrons. The first kappa shape index (κ1) is 11.6. The molecule has 0 bridgehead atoms. The summed E-state index contributed by atoms with van der Waals surface area (Å²) in [7, 11) is 1.38. The molecule has 0 saturated carbocycles. The predicted octanol–water partition coefficient (Wildman–Crippen LogP) is 2.19. The summed E-state index contributed by atoms with van der Waals surface area (Å²) in [6.07, 6.45) is 0.350. The molecule has 0 aliphatic heterocycles. The molecule has 0 unspecified atom stereocenters. The highest BCUT2D eigenvalue weighted by Gasteiger charge is 2.09. The number of para-hydroxylation sites is 1. The molecule has 0 saturated heterocycles. The normalized spacial score (nSPS) is 10.1. The van der Waals surface area contributed by atoms with Gasteiger partial charge in [-0.3, -0.25) is 4.79 Å². The highest BCUT2D eigenvalue weighted by Crippen LogP contribution is 2.20. The first-order valence-corrected chi connectivity index (χ1v) is 4.95. The molecule has 0 fully saturated rings. The number of esters is 1. The average Bonchev–Trinajstić information content (AvgIpc) is 2.20. The standard InChI is InChI=1S/C12H16O3/c1-9(2)15-11-7-5-4-6-10(11)8-12(13)14-3/h4-7,9H,8H2,1-3H3. The second-order valence-corrected chi connectivity index (χ2v) is 3.53. The largest absolute Gasteiger partial charge is 0.491 e. The zero-order chi connectivity index (χ0) is 11.3. The Hall–Kier alpha value is -1.51. The number of methoxy groups -OCH3 is 1. The minimum absolute atomic E-state index is 0.101. The molecule has 0 N–H and O–H groups in total. The fourth-order valence-corrected chi connectivity index (χ4v) is 1.25. The number of carbonyl (C=O) groups is 1. The van der Waals surface area contributed by atoms with Gasteiger partial charge in [-0.1, -0.05) is 18.2 Å². The van der Waals surface area contributed by atoms with Gasteiger partial charge in [0.2, 0.25) is 0 Å². The summed E-state index contributed by atoms with van der Waals surface area (Å²) in [5.74, 6) is 0.493. The Kier molecular flexibility index (Phi) is 4.16. The van der Waals surface area contributed by atoms with Gasteiger partial charge in [-0.2, -0.15) is 0 Å². The van der Waals surface area contributed by atoms with E-state index in [-0.39, 0.29) is 18.5 Å². The van der Waals surface area contributed by atoms with Crippen molar-refractivity contribution in [3.8, 4) is 5.75 Å². The van der Waals surface area contributed by atoms with Crippen molar-refractivity contribution in [2.24, 2.45) is 0 Å². The summed E-state index contributed by atoms with van der Waals surface area (Å²) in [5, 5.41) is 0. The number of rotatable bonds is 4. The van der Waals surface area contributed by atoms with Crippen molar-refractivity contribution in [2.45, 2.75) is 26.4 Å². The number of hydrogen-bond acceptors (Lipinski definition) is 3. The Morgan fingerprint density at radius 1 is 1.33 bits per heavy atom. The lowest BCUT2D eigenvalue weighted by Gasteiger charge is -2.13. The summed E-state index contributed by atoms with van der Waals surface area (Å²) >= 11 is 0. The monoisotopic (exact) mass is 208 g/mol. The molecule has 0 spiro atoms. The van der Waals surface area contributed by atoms with E-state index in [2.05, 4.69) is 4.74 Å². The third kappa shape index (κ3) is 3.62. The first-order chi connectivity index (χ1) is 7.13. The van der Waals surface area contributed by atoms with Crippen LogP contribution in [0.1, 0.15) is 19.4 Å². The van der Waals surface area contributed by atoms with Crippen LogP contribution in [0.2, 0.25) is 0 Å². The van der Waals surface area contributed by atoms with Crippen LogP contribution in [-0.4, -0.2) is 19.2 Å². The molecule has 3 nitrogen and oxygen atoms in total. The SMILES string of the molecule is COC(=O)Cc1ccccc1OC(C)C. The highest BCUT2D eigenvalue weighted by atomic mass is 16.5. The average molecular weight is 208 g/mol. The van der Waals surface area contributed by atoms with Crippen LogP contribution in [0.15, 0.2) is 24.3 Å². The topological polar surface area (TPSA) is 35.5 Å². The molecule has 3 heteroatoms. The van der Waals surface area contributed by atoms with Crippen LogP contribution in [0, 0.1) is 0 Å². The summed E-state index contributed by atoms with van der Waals surface area (Å²) in [6.45, 7) is 3.91. The van der Waals surface area contributed by atoms with E-state index in [1.165, 1.54) is 7.11 Å². The van der Waals surface area contributed by atoms with Gasteiger partial charge in [-0.05, 0) is 19.9 Å². The number of carbonyl (C=O) groups excluding carboxylic acids is 1. The Morgan fingerprint density at radius 2 is 2.00 bits per heavy atom. The second kappa shape index (κ2) is 5.39. The van der Waals surface area contributed by atoms with Crippen molar-refractivity contribution < 1.29 is 14.3 Å². The van der Waals surface area contributed by atoms with Gasteiger partial charge >= 0.3 is 5.97 Å². The van der Waals surface area contributed by atoms with Gasteiger partial charge in [0.1, 0.15) is 5.75 Å². The van der Waals surface area contributed by atoms with E-state index in [0.29, 0.717) is 0 Å². The molecule has 0 radical (unpaired) electrons. The van der Waals surface area contributed by atoms with Gasteiger partial charge in [0.25, 0.3) is 0 Å². The van der Waals surface area contributed by atoms with E-state index < -0.39 is 0 Å². The van der Waals surface area contributed by atoms with Crippen molar-refractivity contribution >= 4 is 5.97 Å². The van der Waals surface area contributed by atoms with Crippen LogP contribution < -0.4 is 4.74 Å². The Morgan fingerprint density at radius 3 is 2.60 bits per heavy atom. The fourth-order valence-electron chi connectivity index (χ4n) is 1.25. The quantitative estimate of drug-likeness (QED) is 0.711. The molecule has 0 aliphatic rings. The highest BCUT2D eigenvalue weighted by molar-refractivity contribution is 5.73. The number of ether oxygens (including phenoxy) is 2. The molecule has 1 aromatic carbocycles. The molecule has 0 heterocycles. The van der Waals surface area contributed by atoms with Crippen molar-refractivity contribution in [1.29, 1.82) is 0 Å². The maximum Gasteiger partial charge on any atom is 0.310 e. The lowest BCUT2D eigenvalue weighted by atomic mass is 10.1. The van der Waals surface area contributed by atoms with Crippen molar-refractivity contribution in [3.63, 3.8) is 0 Å². The Bertz CT molecular complexity index is 331. The molecule has 15 heavy (non-hydrogen) atoms. The predicted molar refractivity (Wildman–Crippen MR) is 57.9 cm³/mol. The van der Waals surface area contributed by atoms with Gasteiger partial charge in [-0.15, -0.1) is 0 Å². The second-order valence-electron chi connectivity index (χ2n) is 3.53. The van der Waals surface area contributed by atoms with E-state index >= 15 is 0 Å². The number of hydrogen-bond donors (Lipinski definition) is 0. The van der Waals surface area contributed by atoms with Gasteiger partial charge in [-0.25, -0.2) is 0 Å². The van der Waals surface area contributed by atoms with Gasteiger partial charge in [0, 0.05) is 5.56 Å². The van der Waals surface area contributed by atoms with E-state index in [9.17, 15) is 4.79 Å². The smallest absolute Gasteiger partial charge is 0.310 e. The van der Waals surface area contributed by atoms with Crippen LogP contribution in [0.4, 0.5) is 0 Å². The molecule has 1 aromatic rings. The molecule has 0 aromatic heterocycles. The molecule has 0 atom stereocenters. The molecular formula is C12H16O3.